The average molecular weight is 300 g/mol. The van der Waals surface area contributed by atoms with Crippen LogP contribution in [0.2, 0.25) is 0 Å². The zero-order chi connectivity index (χ0) is 14.8. The van der Waals surface area contributed by atoms with Gasteiger partial charge in [-0.2, -0.15) is 0 Å². The number of carbonyl (C=O) groups is 1. The summed E-state index contributed by atoms with van der Waals surface area (Å²) < 4.78 is 1.68. The number of nitrogens with zero attached hydrogens (tertiary/aromatic N) is 3. The molecule has 21 heavy (non-hydrogen) atoms. The van der Waals surface area contributed by atoms with Gasteiger partial charge >= 0.3 is 5.97 Å². The Morgan fingerprint density at radius 1 is 1.29 bits per heavy atom. The van der Waals surface area contributed by atoms with Crippen molar-refractivity contribution in [1.29, 1.82) is 0 Å². The maximum absolute atomic E-state index is 10.9. The van der Waals surface area contributed by atoms with Crippen LogP contribution >= 0.6 is 11.3 Å². The van der Waals surface area contributed by atoms with E-state index in [1.807, 2.05) is 17.5 Å². The van der Waals surface area contributed by atoms with Crippen LogP contribution in [-0.4, -0.2) is 26.1 Å². The number of hydrogen-bond donors (Lipinski definition) is 2. The first-order valence-electron chi connectivity index (χ1n) is 6.23. The van der Waals surface area contributed by atoms with Crippen LogP contribution in [0.5, 0.6) is 0 Å². The smallest absolute Gasteiger partial charge is 0.335 e. The summed E-state index contributed by atoms with van der Waals surface area (Å²) in [7, 11) is 0. The number of thiophene rings is 1. The molecule has 7 heteroatoms. The number of nitrogens with two attached hydrogens (primary N) is 1. The SMILES string of the molecule is NCc1nnn(-c2ccc(C(=O)O)cc2)c1-c1cccs1. The van der Waals surface area contributed by atoms with Crippen molar-refractivity contribution in [2.75, 3.05) is 0 Å². The molecule has 0 unspecified atom stereocenters. The molecule has 0 aliphatic heterocycles. The van der Waals surface area contributed by atoms with E-state index in [1.54, 1.807) is 40.3 Å². The Kier molecular flexibility index (Phi) is 3.51. The fourth-order valence-electron chi connectivity index (χ4n) is 2.04. The van der Waals surface area contributed by atoms with Crippen LogP contribution in [0.3, 0.4) is 0 Å². The van der Waals surface area contributed by atoms with Gasteiger partial charge in [-0.05, 0) is 35.7 Å². The third-order valence-electron chi connectivity index (χ3n) is 3.05. The van der Waals surface area contributed by atoms with Gasteiger partial charge in [0.15, 0.2) is 0 Å². The highest BCUT2D eigenvalue weighted by Crippen LogP contribution is 2.29. The number of benzene rings is 1. The number of hydrogen-bond acceptors (Lipinski definition) is 5. The van der Waals surface area contributed by atoms with Crippen LogP contribution in [-0.2, 0) is 6.54 Å². The molecule has 0 fully saturated rings. The number of rotatable bonds is 4. The molecule has 0 aliphatic rings. The van der Waals surface area contributed by atoms with E-state index in [1.165, 1.54) is 0 Å². The van der Waals surface area contributed by atoms with Crippen molar-refractivity contribution in [3.8, 4) is 16.3 Å². The van der Waals surface area contributed by atoms with E-state index in [-0.39, 0.29) is 5.56 Å². The number of carboxylic acid groups (broad SMARTS) is 1. The van der Waals surface area contributed by atoms with Crippen molar-refractivity contribution in [2.24, 2.45) is 5.73 Å². The predicted molar refractivity (Wildman–Crippen MR) is 79.5 cm³/mol. The fourth-order valence-corrected chi connectivity index (χ4v) is 2.81. The van der Waals surface area contributed by atoms with Gasteiger partial charge in [0.1, 0.15) is 11.4 Å². The molecule has 0 radical (unpaired) electrons. The summed E-state index contributed by atoms with van der Waals surface area (Å²) in [5.41, 5.74) is 8.25. The van der Waals surface area contributed by atoms with E-state index in [2.05, 4.69) is 10.3 Å². The van der Waals surface area contributed by atoms with E-state index in [9.17, 15) is 4.79 Å². The molecule has 3 rings (SSSR count). The maximum Gasteiger partial charge on any atom is 0.335 e. The van der Waals surface area contributed by atoms with Crippen molar-refractivity contribution in [2.45, 2.75) is 6.54 Å². The van der Waals surface area contributed by atoms with Crippen LogP contribution in [0.1, 0.15) is 16.1 Å². The lowest BCUT2D eigenvalue weighted by atomic mass is 10.2. The normalized spacial score (nSPS) is 10.7. The quantitative estimate of drug-likeness (QED) is 0.770. The summed E-state index contributed by atoms with van der Waals surface area (Å²) in [6.45, 7) is 0.292. The molecule has 6 nitrogen and oxygen atoms in total. The van der Waals surface area contributed by atoms with Crippen LogP contribution in [0.4, 0.5) is 0 Å². The molecule has 2 heterocycles. The maximum atomic E-state index is 10.9. The van der Waals surface area contributed by atoms with Crippen molar-refractivity contribution in [3.63, 3.8) is 0 Å². The van der Waals surface area contributed by atoms with Crippen molar-refractivity contribution in [1.82, 2.24) is 15.0 Å². The minimum atomic E-state index is -0.957. The van der Waals surface area contributed by atoms with Gasteiger partial charge in [-0.3, -0.25) is 0 Å². The van der Waals surface area contributed by atoms with E-state index < -0.39 is 5.97 Å². The van der Waals surface area contributed by atoms with Gasteiger partial charge in [-0.1, -0.05) is 11.3 Å². The molecule has 3 aromatic rings. The van der Waals surface area contributed by atoms with Crippen LogP contribution < -0.4 is 5.73 Å². The first kappa shape index (κ1) is 13.5. The lowest BCUT2D eigenvalue weighted by Crippen LogP contribution is -2.02. The zero-order valence-corrected chi connectivity index (χ0v) is 11.7. The summed E-state index contributed by atoms with van der Waals surface area (Å²) in [6, 6.07) is 10.4. The summed E-state index contributed by atoms with van der Waals surface area (Å²) in [6.07, 6.45) is 0. The standard InChI is InChI=1S/C14H12N4O2S/c15-8-11-13(12-2-1-7-21-12)18(17-16-11)10-5-3-9(4-6-10)14(19)20/h1-7H,8,15H2,(H,19,20). The Morgan fingerprint density at radius 3 is 2.62 bits per heavy atom. The summed E-state index contributed by atoms with van der Waals surface area (Å²) in [5, 5.41) is 19.2. The van der Waals surface area contributed by atoms with Crippen LogP contribution in [0.25, 0.3) is 16.3 Å². The van der Waals surface area contributed by atoms with Gasteiger partial charge in [0, 0.05) is 6.54 Å². The van der Waals surface area contributed by atoms with E-state index in [0.29, 0.717) is 12.2 Å². The molecule has 0 saturated heterocycles. The van der Waals surface area contributed by atoms with Gasteiger partial charge in [0.05, 0.1) is 16.1 Å². The fraction of sp³-hybridized carbons (Fsp3) is 0.0714. The van der Waals surface area contributed by atoms with Gasteiger partial charge < -0.3 is 10.8 Å². The van der Waals surface area contributed by atoms with Crippen molar-refractivity contribution in [3.05, 3.63) is 53.0 Å². The summed E-state index contributed by atoms with van der Waals surface area (Å²) >= 11 is 1.58. The molecule has 0 aliphatic carbocycles. The largest absolute Gasteiger partial charge is 0.478 e. The monoisotopic (exact) mass is 300 g/mol. The van der Waals surface area contributed by atoms with Crippen molar-refractivity contribution < 1.29 is 9.90 Å². The molecular weight excluding hydrogens is 288 g/mol. The molecule has 0 bridgehead atoms. The Labute approximate surface area is 124 Å². The van der Waals surface area contributed by atoms with Crippen LogP contribution in [0, 0.1) is 0 Å². The third kappa shape index (κ3) is 2.44. The second-order valence-corrected chi connectivity index (χ2v) is 5.28. The first-order valence-corrected chi connectivity index (χ1v) is 7.11. The number of aromatic carboxylic acids is 1. The lowest BCUT2D eigenvalue weighted by molar-refractivity contribution is 0.0697. The first-order chi connectivity index (χ1) is 10.2. The highest BCUT2D eigenvalue weighted by Gasteiger charge is 2.16. The highest BCUT2D eigenvalue weighted by molar-refractivity contribution is 7.13. The Balaban J connectivity index is 2.10. The average Bonchev–Trinajstić information content (AvgIpc) is 3.15. The van der Waals surface area contributed by atoms with Crippen molar-refractivity contribution >= 4 is 17.3 Å². The lowest BCUT2D eigenvalue weighted by Gasteiger charge is -2.06. The van der Waals surface area contributed by atoms with Gasteiger partial charge in [0.2, 0.25) is 0 Å². The number of carboxylic acids is 1. The second kappa shape index (κ2) is 5.47. The summed E-state index contributed by atoms with van der Waals surface area (Å²) in [5.74, 6) is -0.957. The predicted octanol–water partition coefficient (Wildman–Crippen LogP) is 2.15. The Morgan fingerprint density at radius 2 is 2.05 bits per heavy atom. The van der Waals surface area contributed by atoms with Gasteiger partial charge in [-0.15, -0.1) is 16.4 Å². The Bertz CT molecular complexity index is 763. The van der Waals surface area contributed by atoms with Crippen LogP contribution in [0.15, 0.2) is 41.8 Å². The van der Waals surface area contributed by atoms with Gasteiger partial charge in [-0.25, -0.2) is 9.48 Å². The molecule has 0 saturated carbocycles. The van der Waals surface area contributed by atoms with E-state index in [4.69, 9.17) is 10.8 Å². The molecule has 0 atom stereocenters. The highest BCUT2D eigenvalue weighted by atomic mass is 32.1. The minimum absolute atomic E-state index is 0.232. The van der Waals surface area contributed by atoms with Gasteiger partial charge in [0.25, 0.3) is 0 Å². The molecular formula is C14H12N4O2S. The number of aromatic nitrogens is 3. The zero-order valence-electron chi connectivity index (χ0n) is 10.9. The molecule has 0 spiro atoms. The molecule has 3 N–H and O–H groups in total. The molecule has 0 amide bonds. The molecule has 2 aromatic heterocycles. The Hall–Kier alpha value is -2.51. The molecule has 106 valence electrons. The van der Waals surface area contributed by atoms with E-state index >= 15 is 0 Å². The molecule has 1 aromatic carbocycles. The topological polar surface area (TPSA) is 94.0 Å². The van der Waals surface area contributed by atoms with E-state index in [0.717, 1.165) is 16.3 Å². The second-order valence-electron chi connectivity index (χ2n) is 4.33. The minimum Gasteiger partial charge on any atom is -0.478 e. The summed E-state index contributed by atoms with van der Waals surface area (Å²) in [4.78, 5) is 11.9. The third-order valence-corrected chi connectivity index (χ3v) is 3.92.